The molecule has 4 heteroatoms. The van der Waals surface area contributed by atoms with Crippen LogP contribution in [0, 0.1) is 0 Å². The summed E-state index contributed by atoms with van der Waals surface area (Å²) >= 11 is 1.79. The number of carbonyl (C=O) groups excluding carboxylic acids is 1. The maximum absolute atomic E-state index is 12.1. The van der Waals surface area contributed by atoms with E-state index in [2.05, 4.69) is 24.4 Å². The van der Waals surface area contributed by atoms with Gasteiger partial charge >= 0.3 is 6.03 Å². The Morgan fingerprint density at radius 2 is 2.00 bits per heavy atom. The third kappa shape index (κ3) is 3.96. The zero-order valence-electron chi connectivity index (χ0n) is 11.9. The predicted molar refractivity (Wildman–Crippen MR) is 80.6 cm³/mol. The molecule has 2 amide bonds. The summed E-state index contributed by atoms with van der Waals surface area (Å²) in [5.41, 5.74) is 0. The fourth-order valence-electron chi connectivity index (χ4n) is 2.63. The molecule has 1 heterocycles. The third-order valence-electron chi connectivity index (χ3n) is 3.92. The van der Waals surface area contributed by atoms with Crippen molar-refractivity contribution in [2.45, 2.75) is 58.0 Å². The number of hydrogen-bond donors (Lipinski definition) is 1. The molecule has 1 aromatic heterocycles. The summed E-state index contributed by atoms with van der Waals surface area (Å²) < 4.78 is 0. The Morgan fingerprint density at radius 1 is 1.32 bits per heavy atom. The van der Waals surface area contributed by atoms with E-state index >= 15 is 0 Å². The second-order valence-corrected chi connectivity index (χ2v) is 6.54. The van der Waals surface area contributed by atoms with E-state index in [9.17, 15) is 4.79 Å². The standard InChI is InChI=1S/C15H24N2OS/c1-3-13-9-10-14(19-13)11-16-15(18)17(2)12-7-5-4-6-8-12/h9-10,12H,3-8,11H2,1-2H3,(H,16,18). The van der Waals surface area contributed by atoms with Gasteiger partial charge < -0.3 is 10.2 Å². The molecule has 1 aliphatic rings. The molecular formula is C15H24N2OS. The van der Waals surface area contributed by atoms with Crippen LogP contribution in [-0.4, -0.2) is 24.0 Å². The highest BCUT2D eigenvalue weighted by atomic mass is 32.1. The van der Waals surface area contributed by atoms with Gasteiger partial charge in [-0.3, -0.25) is 0 Å². The fraction of sp³-hybridized carbons (Fsp3) is 0.667. The topological polar surface area (TPSA) is 32.3 Å². The Bertz CT molecular complexity index is 410. The Hall–Kier alpha value is -1.03. The summed E-state index contributed by atoms with van der Waals surface area (Å²) in [6.07, 6.45) is 7.22. The average Bonchev–Trinajstić information content (AvgIpc) is 2.93. The molecule has 0 aromatic carbocycles. The van der Waals surface area contributed by atoms with Crippen LogP contribution in [0.2, 0.25) is 0 Å². The normalized spacial score (nSPS) is 16.3. The largest absolute Gasteiger partial charge is 0.333 e. The van der Waals surface area contributed by atoms with Gasteiger partial charge in [-0.2, -0.15) is 0 Å². The van der Waals surface area contributed by atoms with Crippen molar-refractivity contribution in [1.82, 2.24) is 10.2 Å². The highest BCUT2D eigenvalue weighted by Gasteiger charge is 2.21. The molecule has 0 bridgehead atoms. The quantitative estimate of drug-likeness (QED) is 0.894. The van der Waals surface area contributed by atoms with Crippen molar-refractivity contribution >= 4 is 17.4 Å². The van der Waals surface area contributed by atoms with Gasteiger partial charge in [-0.1, -0.05) is 26.2 Å². The van der Waals surface area contributed by atoms with Crippen LogP contribution in [0.25, 0.3) is 0 Å². The molecule has 1 fully saturated rings. The van der Waals surface area contributed by atoms with Gasteiger partial charge in [0.25, 0.3) is 0 Å². The van der Waals surface area contributed by atoms with Crippen LogP contribution in [0.5, 0.6) is 0 Å². The molecule has 3 nitrogen and oxygen atoms in total. The lowest BCUT2D eigenvalue weighted by Gasteiger charge is -2.31. The van der Waals surface area contributed by atoms with E-state index in [-0.39, 0.29) is 6.03 Å². The van der Waals surface area contributed by atoms with Gasteiger partial charge in [0.1, 0.15) is 0 Å². The molecule has 0 atom stereocenters. The van der Waals surface area contributed by atoms with E-state index in [0.29, 0.717) is 12.6 Å². The molecule has 2 rings (SSSR count). The monoisotopic (exact) mass is 280 g/mol. The van der Waals surface area contributed by atoms with Crippen LogP contribution in [0.15, 0.2) is 12.1 Å². The number of hydrogen-bond acceptors (Lipinski definition) is 2. The Labute approximate surface area is 120 Å². The van der Waals surface area contributed by atoms with Gasteiger partial charge in [0.2, 0.25) is 0 Å². The number of nitrogens with one attached hydrogen (secondary N) is 1. The number of carbonyl (C=O) groups is 1. The fourth-order valence-corrected chi connectivity index (χ4v) is 3.53. The van der Waals surface area contributed by atoms with Crippen LogP contribution in [-0.2, 0) is 13.0 Å². The molecule has 1 aromatic rings. The molecule has 0 saturated heterocycles. The molecular weight excluding hydrogens is 256 g/mol. The van der Waals surface area contributed by atoms with Gasteiger partial charge in [-0.25, -0.2) is 4.79 Å². The van der Waals surface area contributed by atoms with Gasteiger partial charge in [0, 0.05) is 22.8 Å². The molecule has 19 heavy (non-hydrogen) atoms. The van der Waals surface area contributed by atoms with Gasteiger partial charge in [0.05, 0.1) is 6.54 Å². The predicted octanol–water partition coefficient (Wildman–Crippen LogP) is 3.78. The van der Waals surface area contributed by atoms with Crippen LogP contribution < -0.4 is 5.32 Å². The van der Waals surface area contributed by atoms with Crippen LogP contribution >= 0.6 is 11.3 Å². The molecule has 1 aliphatic carbocycles. The summed E-state index contributed by atoms with van der Waals surface area (Å²) in [7, 11) is 1.93. The zero-order chi connectivity index (χ0) is 13.7. The number of amides is 2. The maximum Gasteiger partial charge on any atom is 0.317 e. The molecule has 0 unspecified atom stereocenters. The summed E-state index contributed by atoms with van der Waals surface area (Å²) in [5, 5.41) is 3.03. The minimum absolute atomic E-state index is 0.0679. The second-order valence-electron chi connectivity index (χ2n) is 5.28. The van der Waals surface area contributed by atoms with Crippen LogP contribution in [0.1, 0.15) is 48.8 Å². The maximum atomic E-state index is 12.1. The minimum Gasteiger partial charge on any atom is -0.333 e. The summed E-state index contributed by atoms with van der Waals surface area (Å²) in [6.45, 7) is 2.81. The molecule has 0 spiro atoms. The van der Waals surface area contributed by atoms with E-state index in [0.717, 1.165) is 19.3 Å². The lowest BCUT2D eigenvalue weighted by atomic mass is 9.95. The van der Waals surface area contributed by atoms with Crippen molar-refractivity contribution in [2.24, 2.45) is 0 Å². The molecule has 1 N–H and O–H groups in total. The van der Waals surface area contributed by atoms with E-state index in [4.69, 9.17) is 0 Å². The van der Waals surface area contributed by atoms with Crippen molar-refractivity contribution < 1.29 is 4.79 Å². The van der Waals surface area contributed by atoms with Crippen molar-refractivity contribution in [3.05, 3.63) is 21.9 Å². The number of nitrogens with zero attached hydrogens (tertiary/aromatic N) is 1. The van der Waals surface area contributed by atoms with Gasteiger partial charge in [-0.05, 0) is 31.4 Å². The van der Waals surface area contributed by atoms with Crippen LogP contribution in [0.4, 0.5) is 4.79 Å². The summed E-state index contributed by atoms with van der Waals surface area (Å²) in [4.78, 5) is 16.6. The zero-order valence-corrected chi connectivity index (χ0v) is 12.8. The first-order valence-corrected chi connectivity index (χ1v) is 8.10. The van der Waals surface area contributed by atoms with E-state index in [1.807, 2.05) is 11.9 Å². The van der Waals surface area contributed by atoms with Crippen molar-refractivity contribution in [1.29, 1.82) is 0 Å². The highest BCUT2D eigenvalue weighted by Crippen LogP contribution is 2.22. The van der Waals surface area contributed by atoms with Gasteiger partial charge in [0.15, 0.2) is 0 Å². The molecule has 0 radical (unpaired) electrons. The first-order chi connectivity index (χ1) is 9.20. The SMILES string of the molecule is CCc1ccc(CNC(=O)N(C)C2CCCCC2)s1. The molecule has 1 saturated carbocycles. The first-order valence-electron chi connectivity index (χ1n) is 7.29. The minimum atomic E-state index is 0.0679. The van der Waals surface area contributed by atoms with Crippen molar-refractivity contribution in [3.63, 3.8) is 0 Å². The lowest BCUT2D eigenvalue weighted by Crippen LogP contribution is -2.44. The van der Waals surface area contributed by atoms with Gasteiger partial charge in [-0.15, -0.1) is 11.3 Å². The Balaban J connectivity index is 1.79. The van der Waals surface area contributed by atoms with E-state index in [1.54, 1.807) is 11.3 Å². The smallest absolute Gasteiger partial charge is 0.317 e. The number of thiophene rings is 1. The number of aryl methyl sites for hydroxylation is 1. The second kappa shape index (κ2) is 6.94. The first kappa shape index (κ1) is 14.4. The van der Waals surface area contributed by atoms with E-state index in [1.165, 1.54) is 29.0 Å². The van der Waals surface area contributed by atoms with Crippen molar-refractivity contribution in [2.75, 3.05) is 7.05 Å². The highest BCUT2D eigenvalue weighted by molar-refractivity contribution is 7.11. The van der Waals surface area contributed by atoms with Crippen LogP contribution in [0.3, 0.4) is 0 Å². The third-order valence-corrected chi connectivity index (χ3v) is 5.15. The number of urea groups is 1. The average molecular weight is 280 g/mol. The Kier molecular flexibility index (Phi) is 5.25. The summed E-state index contributed by atoms with van der Waals surface area (Å²) in [6, 6.07) is 4.77. The Morgan fingerprint density at radius 3 is 2.63 bits per heavy atom. The van der Waals surface area contributed by atoms with E-state index < -0.39 is 0 Å². The van der Waals surface area contributed by atoms with Crippen molar-refractivity contribution in [3.8, 4) is 0 Å². The molecule has 0 aliphatic heterocycles. The summed E-state index contributed by atoms with van der Waals surface area (Å²) in [5.74, 6) is 0. The lowest BCUT2D eigenvalue weighted by molar-refractivity contribution is 0.173. The molecule has 106 valence electrons. The number of rotatable bonds is 4.